The Bertz CT molecular complexity index is 628. The lowest BCUT2D eigenvalue weighted by Crippen LogP contribution is -2.52. The summed E-state index contributed by atoms with van der Waals surface area (Å²) in [5.41, 5.74) is 0. The first-order valence-electron chi connectivity index (χ1n) is 8.59. The molecule has 0 radical (unpaired) electrons. The Labute approximate surface area is 146 Å². The Hall–Kier alpha value is -2.28. The van der Waals surface area contributed by atoms with Crippen LogP contribution in [-0.2, 0) is 14.3 Å². The van der Waals surface area contributed by atoms with Gasteiger partial charge in [-0.15, -0.1) is 0 Å². The van der Waals surface area contributed by atoms with Gasteiger partial charge in [-0.05, 0) is 31.9 Å². The molecule has 7 heteroatoms. The molecule has 0 aromatic heterocycles. The number of fused-ring (bicyclic) bond motifs is 1. The van der Waals surface area contributed by atoms with E-state index in [1.807, 2.05) is 12.1 Å². The number of amides is 1. The van der Waals surface area contributed by atoms with E-state index < -0.39 is 18.2 Å². The number of carboxylic acid groups (broad SMARTS) is 1. The van der Waals surface area contributed by atoms with E-state index in [0.29, 0.717) is 24.7 Å². The van der Waals surface area contributed by atoms with Crippen LogP contribution in [0.25, 0.3) is 0 Å². The minimum Gasteiger partial charge on any atom is -0.482 e. The van der Waals surface area contributed by atoms with Crippen molar-refractivity contribution in [2.24, 2.45) is 0 Å². The molecule has 7 nitrogen and oxygen atoms in total. The SMILES string of the molecule is CC1Oc2ccccc2OC1C(=O)N(CCC(=O)O)CC1CCCO1. The van der Waals surface area contributed by atoms with Crippen LogP contribution < -0.4 is 9.47 Å². The fourth-order valence-corrected chi connectivity index (χ4v) is 3.13. The molecule has 0 saturated carbocycles. The topological polar surface area (TPSA) is 85.3 Å². The van der Waals surface area contributed by atoms with Crippen molar-refractivity contribution in [3.63, 3.8) is 0 Å². The predicted octanol–water partition coefficient (Wildman–Crippen LogP) is 1.70. The summed E-state index contributed by atoms with van der Waals surface area (Å²) in [6, 6.07) is 7.20. The molecule has 25 heavy (non-hydrogen) atoms. The number of carboxylic acids is 1. The van der Waals surface area contributed by atoms with Crippen molar-refractivity contribution in [3.05, 3.63) is 24.3 Å². The van der Waals surface area contributed by atoms with Crippen LogP contribution in [0.1, 0.15) is 26.2 Å². The first-order chi connectivity index (χ1) is 12.0. The van der Waals surface area contributed by atoms with E-state index in [2.05, 4.69) is 0 Å². The van der Waals surface area contributed by atoms with Gasteiger partial charge in [-0.1, -0.05) is 12.1 Å². The van der Waals surface area contributed by atoms with Crippen molar-refractivity contribution in [1.29, 1.82) is 0 Å². The molecular formula is C18H23NO6. The number of para-hydroxylation sites is 2. The standard InChI is InChI=1S/C18H23NO6/c1-12-17(25-15-7-3-2-6-14(15)24-12)18(22)19(9-8-16(20)21)11-13-5-4-10-23-13/h2-3,6-7,12-13,17H,4-5,8-11H2,1H3,(H,20,21). The fraction of sp³-hybridized carbons (Fsp3) is 0.556. The van der Waals surface area contributed by atoms with E-state index in [9.17, 15) is 9.59 Å². The second kappa shape index (κ2) is 7.74. The van der Waals surface area contributed by atoms with Crippen molar-refractivity contribution in [1.82, 2.24) is 4.90 Å². The zero-order valence-corrected chi connectivity index (χ0v) is 14.2. The summed E-state index contributed by atoms with van der Waals surface area (Å²) in [5, 5.41) is 8.97. The lowest BCUT2D eigenvalue weighted by atomic mass is 10.1. The molecule has 136 valence electrons. The molecule has 1 N–H and O–H groups in total. The molecule has 1 fully saturated rings. The van der Waals surface area contributed by atoms with E-state index in [1.165, 1.54) is 4.90 Å². The molecule has 1 amide bonds. The molecule has 2 aliphatic heterocycles. The number of hydrogen-bond donors (Lipinski definition) is 1. The van der Waals surface area contributed by atoms with Gasteiger partial charge in [-0.25, -0.2) is 0 Å². The van der Waals surface area contributed by atoms with Gasteiger partial charge in [-0.2, -0.15) is 0 Å². The smallest absolute Gasteiger partial charge is 0.305 e. The third-order valence-corrected chi connectivity index (χ3v) is 4.44. The predicted molar refractivity (Wildman–Crippen MR) is 88.8 cm³/mol. The number of rotatable bonds is 6. The number of benzene rings is 1. The quantitative estimate of drug-likeness (QED) is 0.841. The zero-order chi connectivity index (χ0) is 17.8. The molecule has 0 spiro atoms. The first-order valence-corrected chi connectivity index (χ1v) is 8.59. The highest BCUT2D eigenvalue weighted by molar-refractivity contribution is 5.83. The van der Waals surface area contributed by atoms with E-state index in [1.54, 1.807) is 19.1 Å². The molecule has 3 atom stereocenters. The van der Waals surface area contributed by atoms with Crippen molar-refractivity contribution >= 4 is 11.9 Å². The number of nitrogens with zero attached hydrogens (tertiary/aromatic N) is 1. The minimum absolute atomic E-state index is 0.0511. The van der Waals surface area contributed by atoms with E-state index in [-0.39, 0.29) is 25.0 Å². The van der Waals surface area contributed by atoms with Crippen LogP contribution in [0.3, 0.4) is 0 Å². The highest BCUT2D eigenvalue weighted by Crippen LogP contribution is 2.34. The first kappa shape index (κ1) is 17.5. The molecular weight excluding hydrogens is 326 g/mol. The van der Waals surface area contributed by atoms with Gasteiger partial charge in [0, 0.05) is 19.7 Å². The summed E-state index contributed by atoms with van der Waals surface area (Å²) in [6.45, 7) is 2.96. The zero-order valence-electron chi connectivity index (χ0n) is 14.2. The summed E-state index contributed by atoms with van der Waals surface area (Å²) in [5.74, 6) is -0.0763. The lowest BCUT2D eigenvalue weighted by Gasteiger charge is -2.35. The monoisotopic (exact) mass is 349 g/mol. The minimum atomic E-state index is -0.940. The normalized spacial score (nSPS) is 24.8. The molecule has 0 aliphatic carbocycles. The van der Waals surface area contributed by atoms with Crippen LogP contribution in [0.4, 0.5) is 0 Å². The fourth-order valence-electron chi connectivity index (χ4n) is 3.13. The summed E-state index contributed by atoms with van der Waals surface area (Å²) in [4.78, 5) is 25.5. The lowest BCUT2D eigenvalue weighted by molar-refractivity contribution is -0.147. The van der Waals surface area contributed by atoms with Crippen LogP contribution in [0.2, 0.25) is 0 Å². The van der Waals surface area contributed by atoms with Gasteiger partial charge in [0.1, 0.15) is 6.10 Å². The van der Waals surface area contributed by atoms with Gasteiger partial charge in [0.2, 0.25) is 6.10 Å². The molecule has 3 rings (SSSR count). The Kier molecular flexibility index (Phi) is 5.43. The van der Waals surface area contributed by atoms with Gasteiger partial charge in [0.05, 0.1) is 12.5 Å². The van der Waals surface area contributed by atoms with Crippen LogP contribution >= 0.6 is 0 Å². The maximum atomic E-state index is 13.0. The Morgan fingerprint density at radius 3 is 2.60 bits per heavy atom. The van der Waals surface area contributed by atoms with E-state index in [0.717, 1.165) is 12.8 Å². The Morgan fingerprint density at radius 2 is 1.96 bits per heavy atom. The Morgan fingerprint density at radius 1 is 1.24 bits per heavy atom. The summed E-state index contributed by atoms with van der Waals surface area (Å²) in [7, 11) is 0. The molecule has 1 aromatic rings. The van der Waals surface area contributed by atoms with Crippen molar-refractivity contribution < 1.29 is 28.9 Å². The molecule has 2 heterocycles. The maximum absolute atomic E-state index is 13.0. The highest BCUT2D eigenvalue weighted by atomic mass is 16.6. The molecule has 3 unspecified atom stereocenters. The number of hydrogen-bond acceptors (Lipinski definition) is 5. The second-order valence-corrected chi connectivity index (χ2v) is 6.37. The molecule has 0 bridgehead atoms. The van der Waals surface area contributed by atoms with Crippen LogP contribution in [-0.4, -0.2) is 59.9 Å². The van der Waals surface area contributed by atoms with Crippen molar-refractivity contribution in [3.8, 4) is 11.5 Å². The molecule has 2 aliphatic rings. The van der Waals surface area contributed by atoms with Crippen LogP contribution in [0.15, 0.2) is 24.3 Å². The van der Waals surface area contributed by atoms with Gasteiger partial charge >= 0.3 is 5.97 Å². The number of ether oxygens (including phenoxy) is 3. The van der Waals surface area contributed by atoms with Crippen LogP contribution in [0, 0.1) is 0 Å². The number of carbonyl (C=O) groups is 2. The van der Waals surface area contributed by atoms with Gasteiger partial charge in [-0.3, -0.25) is 9.59 Å². The number of carbonyl (C=O) groups excluding carboxylic acids is 1. The maximum Gasteiger partial charge on any atom is 0.305 e. The average molecular weight is 349 g/mol. The average Bonchev–Trinajstić information content (AvgIpc) is 3.10. The van der Waals surface area contributed by atoms with E-state index in [4.69, 9.17) is 19.3 Å². The van der Waals surface area contributed by atoms with Gasteiger partial charge < -0.3 is 24.2 Å². The highest BCUT2D eigenvalue weighted by Gasteiger charge is 2.37. The Balaban J connectivity index is 1.72. The number of aliphatic carboxylic acids is 1. The third-order valence-electron chi connectivity index (χ3n) is 4.44. The summed E-state index contributed by atoms with van der Waals surface area (Å²) >= 11 is 0. The van der Waals surface area contributed by atoms with Crippen molar-refractivity contribution in [2.45, 2.75) is 44.5 Å². The van der Waals surface area contributed by atoms with E-state index >= 15 is 0 Å². The summed E-state index contributed by atoms with van der Waals surface area (Å²) in [6.07, 6.45) is 0.404. The molecule has 1 aromatic carbocycles. The third kappa shape index (κ3) is 4.22. The van der Waals surface area contributed by atoms with Crippen molar-refractivity contribution in [2.75, 3.05) is 19.7 Å². The largest absolute Gasteiger partial charge is 0.482 e. The summed E-state index contributed by atoms with van der Waals surface area (Å²) < 4.78 is 17.2. The van der Waals surface area contributed by atoms with Crippen LogP contribution in [0.5, 0.6) is 11.5 Å². The molecule has 1 saturated heterocycles. The van der Waals surface area contributed by atoms with Gasteiger partial charge in [0.15, 0.2) is 11.5 Å². The van der Waals surface area contributed by atoms with Gasteiger partial charge in [0.25, 0.3) is 5.91 Å². The second-order valence-electron chi connectivity index (χ2n) is 6.37.